The Morgan fingerprint density at radius 3 is 1.07 bits per heavy atom. The smallest absolute Gasteiger partial charge is 0.00504 e. The molecule has 0 aromatic heterocycles. The maximum atomic E-state index is 3.56. The predicted molar refractivity (Wildman–Crippen MR) is 72.0 cm³/mol. The molecule has 0 N–H and O–H groups in total. The zero-order chi connectivity index (χ0) is 12.6. The normalized spacial score (nSPS) is 7.00. The first-order valence-electron chi connectivity index (χ1n) is 5.85. The molecule has 14 heavy (non-hydrogen) atoms. The van der Waals surface area contributed by atoms with E-state index in [2.05, 4.69) is 32.4 Å². The Labute approximate surface area is 93.2 Å². The summed E-state index contributed by atoms with van der Waals surface area (Å²) in [5.74, 6) is 0. The van der Waals surface area contributed by atoms with Gasteiger partial charge in [-0.1, -0.05) is 47.1 Å². The fourth-order valence-corrected chi connectivity index (χ4v) is 0.224. The van der Waals surface area contributed by atoms with Gasteiger partial charge in [0.1, 0.15) is 0 Å². The lowest BCUT2D eigenvalue weighted by Crippen LogP contribution is -2.15. The molecule has 0 aromatic rings. The fourth-order valence-electron chi connectivity index (χ4n) is 0.224. The highest BCUT2D eigenvalue weighted by Crippen LogP contribution is 1.74. The molecular formula is C13H33N. The van der Waals surface area contributed by atoms with Crippen molar-refractivity contribution in [2.75, 3.05) is 20.1 Å². The third-order valence-corrected chi connectivity index (χ3v) is 1.08. The molecule has 0 heterocycles. The summed E-state index contributed by atoms with van der Waals surface area (Å²) in [6.07, 6.45) is 0. The molecule has 0 unspecified atom stereocenters. The van der Waals surface area contributed by atoms with E-state index in [0.717, 1.165) is 13.1 Å². The quantitative estimate of drug-likeness (QED) is 0.593. The van der Waals surface area contributed by atoms with Crippen LogP contribution < -0.4 is 0 Å². The number of hydrogen-bond acceptors (Lipinski definition) is 1. The molecule has 0 spiro atoms. The van der Waals surface area contributed by atoms with Gasteiger partial charge in [-0.05, 0) is 34.0 Å². The summed E-state index contributed by atoms with van der Waals surface area (Å²) in [4.78, 5) is 2.25. The minimum Gasteiger partial charge on any atom is -0.307 e. The molecule has 0 aliphatic carbocycles. The van der Waals surface area contributed by atoms with Gasteiger partial charge in [0.05, 0.1) is 0 Å². The van der Waals surface area contributed by atoms with Crippen LogP contribution >= 0.6 is 0 Å². The lowest BCUT2D eigenvalue weighted by molar-refractivity contribution is 0.373. The van der Waals surface area contributed by atoms with Crippen LogP contribution in [0.2, 0.25) is 0 Å². The van der Waals surface area contributed by atoms with Gasteiger partial charge in [-0.25, -0.2) is 0 Å². The lowest BCUT2D eigenvalue weighted by atomic mass is 10.4. The van der Waals surface area contributed by atoms with Gasteiger partial charge in [0, 0.05) is 0 Å². The SMILES string of the molecule is C=C(C)C.CC.CC.CCN(C)CC. The van der Waals surface area contributed by atoms with E-state index >= 15 is 0 Å². The highest BCUT2D eigenvalue weighted by Gasteiger charge is 1.81. The molecule has 0 bridgehead atoms. The summed E-state index contributed by atoms with van der Waals surface area (Å²) in [5.41, 5.74) is 1.17. The van der Waals surface area contributed by atoms with E-state index in [9.17, 15) is 0 Å². The highest BCUT2D eigenvalue weighted by molar-refractivity contribution is 4.78. The molecule has 0 saturated carbocycles. The zero-order valence-electron chi connectivity index (χ0n) is 12.1. The van der Waals surface area contributed by atoms with Crippen molar-refractivity contribution in [2.24, 2.45) is 0 Å². The van der Waals surface area contributed by atoms with Gasteiger partial charge in [0.2, 0.25) is 0 Å². The van der Waals surface area contributed by atoms with Crippen molar-refractivity contribution >= 4 is 0 Å². The van der Waals surface area contributed by atoms with Crippen molar-refractivity contribution in [1.29, 1.82) is 0 Å². The molecule has 0 rings (SSSR count). The largest absolute Gasteiger partial charge is 0.307 e. The van der Waals surface area contributed by atoms with Crippen molar-refractivity contribution in [3.8, 4) is 0 Å². The molecule has 90 valence electrons. The van der Waals surface area contributed by atoms with Crippen LogP contribution in [-0.2, 0) is 0 Å². The van der Waals surface area contributed by atoms with Gasteiger partial charge in [-0.3, -0.25) is 0 Å². The Morgan fingerprint density at radius 2 is 1.07 bits per heavy atom. The highest BCUT2D eigenvalue weighted by atomic mass is 15.1. The predicted octanol–water partition coefficient (Wildman–Crippen LogP) is 4.59. The van der Waals surface area contributed by atoms with Gasteiger partial charge in [0.25, 0.3) is 0 Å². The Bertz CT molecular complexity index is 69.3. The summed E-state index contributed by atoms with van der Waals surface area (Å²) >= 11 is 0. The van der Waals surface area contributed by atoms with Crippen molar-refractivity contribution in [3.05, 3.63) is 12.2 Å². The van der Waals surface area contributed by atoms with Crippen LogP contribution in [0.1, 0.15) is 55.4 Å². The van der Waals surface area contributed by atoms with E-state index in [4.69, 9.17) is 0 Å². The molecule has 1 nitrogen and oxygen atoms in total. The topological polar surface area (TPSA) is 3.24 Å². The molecule has 0 atom stereocenters. The van der Waals surface area contributed by atoms with Crippen LogP contribution in [0.3, 0.4) is 0 Å². The van der Waals surface area contributed by atoms with E-state index in [1.807, 2.05) is 41.5 Å². The van der Waals surface area contributed by atoms with Crippen molar-refractivity contribution in [3.63, 3.8) is 0 Å². The van der Waals surface area contributed by atoms with Gasteiger partial charge in [0.15, 0.2) is 0 Å². The minimum absolute atomic E-state index is 1.16. The number of nitrogens with zero attached hydrogens (tertiary/aromatic N) is 1. The van der Waals surface area contributed by atoms with E-state index in [0.29, 0.717) is 0 Å². The lowest BCUT2D eigenvalue weighted by Gasteiger charge is -2.07. The van der Waals surface area contributed by atoms with Crippen LogP contribution in [0.4, 0.5) is 0 Å². The van der Waals surface area contributed by atoms with Crippen LogP contribution in [0.25, 0.3) is 0 Å². The maximum Gasteiger partial charge on any atom is -0.00504 e. The Hall–Kier alpha value is -0.300. The third-order valence-electron chi connectivity index (χ3n) is 1.08. The first kappa shape index (κ1) is 23.5. The molecule has 0 fully saturated rings. The maximum absolute atomic E-state index is 3.56. The average molecular weight is 203 g/mol. The van der Waals surface area contributed by atoms with Gasteiger partial charge in [-0.15, -0.1) is 6.58 Å². The van der Waals surface area contributed by atoms with Gasteiger partial charge < -0.3 is 4.90 Å². The number of allylic oxidation sites excluding steroid dienone is 1. The van der Waals surface area contributed by atoms with Gasteiger partial charge in [-0.2, -0.15) is 0 Å². The number of hydrogen-bond donors (Lipinski definition) is 0. The second kappa shape index (κ2) is 29.3. The second-order valence-corrected chi connectivity index (χ2v) is 2.70. The van der Waals surface area contributed by atoms with E-state index in [-0.39, 0.29) is 0 Å². The summed E-state index contributed by atoms with van der Waals surface area (Å²) in [6, 6.07) is 0. The molecule has 0 radical (unpaired) electrons. The fraction of sp³-hybridized carbons (Fsp3) is 0.846. The molecule has 1 heteroatoms. The van der Waals surface area contributed by atoms with Crippen LogP contribution in [0, 0.1) is 0 Å². The first-order valence-corrected chi connectivity index (χ1v) is 5.85. The third kappa shape index (κ3) is 97.8. The molecule has 0 aromatic carbocycles. The Balaban J connectivity index is -0.0000000546. The standard InChI is InChI=1S/C5H13N.C4H8.2C2H6/c1-4-6(3)5-2;1-4(2)3;2*1-2/h4-5H2,1-3H3;1H2,2-3H3;2*1-2H3. The van der Waals surface area contributed by atoms with Crippen molar-refractivity contribution in [2.45, 2.75) is 55.4 Å². The van der Waals surface area contributed by atoms with Crippen LogP contribution in [-0.4, -0.2) is 25.0 Å². The van der Waals surface area contributed by atoms with Crippen LogP contribution in [0.5, 0.6) is 0 Å². The molecular weight excluding hydrogens is 170 g/mol. The Morgan fingerprint density at radius 1 is 0.929 bits per heavy atom. The minimum atomic E-state index is 1.16. The summed E-state index contributed by atoms with van der Waals surface area (Å²) in [5, 5.41) is 0. The molecule has 0 aliphatic heterocycles. The van der Waals surface area contributed by atoms with Crippen LogP contribution in [0.15, 0.2) is 12.2 Å². The Kier molecular flexibility index (Phi) is 49.2. The molecule has 0 aliphatic rings. The molecule has 0 amide bonds. The van der Waals surface area contributed by atoms with Gasteiger partial charge >= 0.3 is 0 Å². The van der Waals surface area contributed by atoms with Crippen molar-refractivity contribution in [1.82, 2.24) is 4.90 Å². The van der Waals surface area contributed by atoms with E-state index in [1.165, 1.54) is 5.57 Å². The van der Waals surface area contributed by atoms with E-state index in [1.54, 1.807) is 0 Å². The van der Waals surface area contributed by atoms with Crippen molar-refractivity contribution < 1.29 is 0 Å². The first-order chi connectivity index (χ1) is 6.54. The summed E-state index contributed by atoms with van der Waals surface area (Å²) in [6.45, 7) is 22.1. The summed E-state index contributed by atoms with van der Waals surface area (Å²) < 4.78 is 0. The zero-order valence-corrected chi connectivity index (χ0v) is 12.1. The monoisotopic (exact) mass is 203 g/mol. The number of rotatable bonds is 2. The molecule has 0 saturated heterocycles. The van der Waals surface area contributed by atoms with E-state index < -0.39 is 0 Å². The second-order valence-electron chi connectivity index (χ2n) is 2.70. The average Bonchev–Trinajstić information content (AvgIpc) is 2.22. The summed E-state index contributed by atoms with van der Waals surface area (Å²) in [7, 11) is 2.11.